The first-order valence-electron chi connectivity index (χ1n) is 5.54. The quantitative estimate of drug-likeness (QED) is 0.682. The molecule has 100 valence electrons. The topological polar surface area (TPSA) is 35.5 Å². The Morgan fingerprint density at radius 3 is 2.17 bits per heavy atom. The summed E-state index contributed by atoms with van der Waals surface area (Å²) in [6.07, 6.45) is 1.56. The van der Waals surface area contributed by atoms with E-state index in [1.807, 2.05) is 0 Å². The summed E-state index contributed by atoms with van der Waals surface area (Å²) in [7, 11) is -3.39. The maximum atomic E-state index is 12.3. The van der Waals surface area contributed by atoms with Crippen molar-refractivity contribution >= 4 is 36.9 Å². The molecule has 0 saturated carbocycles. The van der Waals surface area contributed by atoms with Gasteiger partial charge in [-0.25, -0.2) is 0 Å². The summed E-state index contributed by atoms with van der Waals surface area (Å²) in [5.41, 5.74) is 0.782. The van der Waals surface area contributed by atoms with Gasteiger partial charge in [-0.1, -0.05) is 35.3 Å². The highest BCUT2D eigenvalue weighted by atomic mass is 35.5. The minimum absolute atomic E-state index is 0.0634. The molecule has 0 heterocycles. The van der Waals surface area contributed by atoms with Crippen LogP contribution in [-0.4, -0.2) is 13.2 Å². The highest BCUT2D eigenvalue weighted by Gasteiger charge is 2.28. The summed E-state index contributed by atoms with van der Waals surface area (Å²) < 4.78 is 22.6. The Kier molecular flexibility index (Phi) is 6.40. The van der Waals surface area contributed by atoms with E-state index in [-0.39, 0.29) is 18.0 Å². The van der Waals surface area contributed by atoms with E-state index in [0.29, 0.717) is 5.02 Å². The lowest BCUT2D eigenvalue weighted by molar-refractivity contribution is 0.228. The lowest BCUT2D eigenvalue weighted by Gasteiger charge is -2.15. The van der Waals surface area contributed by atoms with Crippen LogP contribution >= 0.6 is 30.8 Å². The van der Waals surface area contributed by atoms with E-state index in [0.717, 1.165) is 5.56 Å². The molecule has 0 atom stereocenters. The van der Waals surface area contributed by atoms with Crippen molar-refractivity contribution in [2.45, 2.75) is 13.8 Å². The third-order valence-corrected chi connectivity index (χ3v) is 4.85. The van der Waals surface area contributed by atoms with Gasteiger partial charge in [-0.2, -0.15) is 0 Å². The van der Waals surface area contributed by atoms with E-state index in [1.54, 1.807) is 44.2 Å². The van der Waals surface area contributed by atoms with Crippen molar-refractivity contribution in [3.8, 4) is 0 Å². The minimum Gasteiger partial charge on any atom is -0.305 e. The van der Waals surface area contributed by atoms with Crippen LogP contribution in [0.25, 0.3) is 6.08 Å². The molecule has 0 N–H and O–H groups in total. The smallest absolute Gasteiger partial charge is 0.305 e. The Balaban J connectivity index is 2.98. The summed E-state index contributed by atoms with van der Waals surface area (Å²) in [5, 5.41) is 0.626. The Morgan fingerprint density at radius 1 is 1.22 bits per heavy atom. The number of hydrogen-bond donors (Lipinski definition) is 0. The van der Waals surface area contributed by atoms with Gasteiger partial charge >= 0.3 is 7.60 Å². The average molecular weight is 309 g/mol. The fraction of sp³-hybridized carbons (Fsp3) is 0.333. The standard InChI is InChI=1S/C12H15Cl2O3P/c1-3-16-18(15,17-4-2)12(14)9-10-5-7-11(13)8-6-10/h5-9H,3-4H2,1-2H3/b12-9+. The minimum atomic E-state index is -3.39. The molecule has 1 aromatic carbocycles. The Hall–Kier alpha value is -0.310. The molecule has 0 aliphatic rings. The van der Waals surface area contributed by atoms with Gasteiger partial charge in [0.15, 0.2) is 0 Å². The van der Waals surface area contributed by atoms with Gasteiger partial charge in [-0.15, -0.1) is 0 Å². The number of hydrogen-bond acceptors (Lipinski definition) is 3. The van der Waals surface area contributed by atoms with Crippen LogP contribution in [0.5, 0.6) is 0 Å². The molecule has 3 nitrogen and oxygen atoms in total. The van der Waals surface area contributed by atoms with Gasteiger partial charge in [0.1, 0.15) is 4.77 Å². The SMILES string of the molecule is CCOP(=O)(OCC)/C(Cl)=C/c1ccc(Cl)cc1. The fourth-order valence-corrected chi connectivity index (χ4v) is 3.13. The third-order valence-electron chi connectivity index (χ3n) is 2.02. The molecule has 0 bridgehead atoms. The van der Waals surface area contributed by atoms with Crippen LogP contribution in [0.2, 0.25) is 5.02 Å². The molecule has 0 amide bonds. The van der Waals surface area contributed by atoms with Crippen LogP contribution in [0.15, 0.2) is 29.0 Å². The van der Waals surface area contributed by atoms with Gasteiger partial charge in [0.2, 0.25) is 0 Å². The Bertz CT molecular complexity index is 447. The van der Waals surface area contributed by atoms with Gasteiger partial charge in [0.05, 0.1) is 13.2 Å². The molecular formula is C12H15Cl2O3P. The van der Waals surface area contributed by atoms with Crippen LogP contribution in [0.3, 0.4) is 0 Å². The second-order valence-electron chi connectivity index (χ2n) is 3.35. The molecule has 0 unspecified atom stereocenters. The van der Waals surface area contributed by atoms with Crippen LogP contribution in [-0.2, 0) is 13.6 Å². The zero-order valence-electron chi connectivity index (χ0n) is 10.2. The van der Waals surface area contributed by atoms with Crippen molar-refractivity contribution in [1.29, 1.82) is 0 Å². The van der Waals surface area contributed by atoms with Gasteiger partial charge in [0.25, 0.3) is 0 Å². The summed E-state index contributed by atoms with van der Waals surface area (Å²) >= 11 is 11.8. The highest BCUT2D eigenvalue weighted by molar-refractivity contribution is 7.61. The molecule has 0 aliphatic carbocycles. The van der Waals surface area contributed by atoms with Gasteiger partial charge in [-0.05, 0) is 37.6 Å². The molecule has 0 saturated heterocycles. The first kappa shape index (κ1) is 15.7. The van der Waals surface area contributed by atoms with E-state index in [9.17, 15) is 4.57 Å². The Morgan fingerprint density at radius 2 is 1.72 bits per heavy atom. The lowest BCUT2D eigenvalue weighted by atomic mass is 10.2. The van der Waals surface area contributed by atoms with Crippen LogP contribution in [0.1, 0.15) is 19.4 Å². The molecule has 1 rings (SSSR count). The van der Waals surface area contributed by atoms with Crippen LogP contribution in [0.4, 0.5) is 0 Å². The van der Waals surface area contributed by atoms with E-state index in [2.05, 4.69) is 0 Å². The van der Waals surface area contributed by atoms with E-state index in [4.69, 9.17) is 32.2 Å². The van der Waals surface area contributed by atoms with Crippen molar-refractivity contribution in [3.05, 3.63) is 39.6 Å². The predicted octanol–water partition coefficient (Wildman–Crippen LogP) is 5.14. The van der Waals surface area contributed by atoms with Crippen LogP contribution < -0.4 is 0 Å². The number of rotatable bonds is 6. The molecule has 0 aliphatic heterocycles. The second kappa shape index (κ2) is 7.32. The number of benzene rings is 1. The van der Waals surface area contributed by atoms with E-state index < -0.39 is 7.60 Å². The van der Waals surface area contributed by atoms with Gasteiger partial charge < -0.3 is 9.05 Å². The van der Waals surface area contributed by atoms with E-state index >= 15 is 0 Å². The summed E-state index contributed by atoms with van der Waals surface area (Å²) in [4.78, 5) is 0. The summed E-state index contributed by atoms with van der Waals surface area (Å²) in [6.45, 7) is 4.00. The van der Waals surface area contributed by atoms with Crippen molar-refractivity contribution in [1.82, 2.24) is 0 Å². The first-order valence-corrected chi connectivity index (χ1v) is 7.84. The zero-order valence-corrected chi connectivity index (χ0v) is 12.6. The fourth-order valence-electron chi connectivity index (χ4n) is 1.28. The second-order valence-corrected chi connectivity index (χ2v) is 6.45. The average Bonchev–Trinajstić information content (AvgIpc) is 2.32. The molecule has 6 heteroatoms. The maximum Gasteiger partial charge on any atom is 0.372 e. The largest absolute Gasteiger partial charge is 0.372 e. The third kappa shape index (κ3) is 4.42. The monoisotopic (exact) mass is 308 g/mol. The normalized spacial score (nSPS) is 12.8. The first-order chi connectivity index (χ1) is 8.51. The summed E-state index contributed by atoms with van der Waals surface area (Å²) in [5.74, 6) is 0. The van der Waals surface area contributed by atoms with Crippen molar-refractivity contribution in [2.75, 3.05) is 13.2 Å². The van der Waals surface area contributed by atoms with Crippen molar-refractivity contribution in [3.63, 3.8) is 0 Å². The summed E-state index contributed by atoms with van der Waals surface area (Å²) in [6, 6.07) is 6.99. The molecular weight excluding hydrogens is 294 g/mol. The molecule has 0 aromatic heterocycles. The molecule has 0 radical (unpaired) electrons. The Labute approximate surface area is 117 Å². The zero-order chi connectivity index (χ0) is 13.6. The van der Waals surface area contributed by atoms with Crippen molar-refractivity contribution < 1.29 is 13.6 Å². The number of halogens is 2. The van der Waals surface area contributed by atoms with E-state index in [1.165, 1.54) is 0 Å². The van der Waals surface area contributed by atoms with Crippen LogP contribution in [0, 0.1) is 0 Å². The lowest BCUT2D eigenvalue weighted by Crippen LogP contribution is -1.95. The molecule has 1 aromatic rings. The maximum absolute atomic E-state index is 12.3. The van der Waals surface area contributed by atoms with Crippen molar-refractivity contribution in [2.24, 2.45) is 0 Å². The predicted molar refractivity (Wildman–Crippen MR) is 76.1 cm³/mol. The molecule has 0 spiro atoms. The van der Waals surface area contributed by atoms with Gasteiger partial charge in [0, 0.05) is 5.02 Å². The molecule has 18 heavy (non-hydrogen) atoms. The highest BCUT2D eigenvalue weighted by Crippen LogP contribution is 2.58. The molecule has 0 fully saturated rings. The van der Waals surface area contributed by atoms with Gasteiger partial charge in [-0.3, -0.25) is 4.57 Å².